The first kappa shape index (κ1) is 10.2. The summed E-state index contributed by atoms with van der Waals surface area (Å²) < 4.78 is 38.6. The zero-order valence-electron chi connectivity index (χ0n) is 7.51. The number of aromatic nitrogens is 3. The first-order valence-electron chi connectivity index (χ1n) is 3.97. The third-order valence-electron chi connectivity index (χ3n) is 2.09. The molecule has 2 aromatic rings. The summed E-state index contributed by atoms with van der Waals surface area (Å²) in [6, 6.07) is 0. The number of halogens is 4. The highest BCUT2D eigenvalue weighted by Gasteiger charge is 2.35. The van der Waals surface area contributed by atoms with Crippen LogP contribution in [0.4, 0.5) is 13.2 Å². The Morgan fingerprint density at radius 1 is 1.40 bits per heavy atom. The van der Waals surface area contributed by atoms with Crippen LogP contribution in [0.1, 0.15) is 11.1 Å². The number of aryl methyl sites for hydroxylation is 1. The fraction of sp³-hybridized carbons (Fsp3) is 0.250. The number of hydrogen-bond acceptors (Lipinski definition) is 2. The van der Waals surface area contributed by atoms with Gasteiger partial charge >= 0.3 is 6.18 Å². The van der Waals surface area contributed by atoms with Crippen molar-refractivity contribution in [2.75, 3.05) is 0 Å². The third-order valence-corrected chi connectivity index (χ3v) is 2.36. The second-order valence-corrected chi connectivity index (χ2v) is 3.37. The molecule has 3 nitrogen and oxygen atoms in total. The quantitative estimate of drug-likeness (QED) is 0.703. The first-order chi connectivity index (χ1) is 6.91. The van der Waals surface area contributed by atoms with E-state index < -0.39 is 11.7 Å². The predicted octanol–water partition coefficient (Wildman–Crippen LogP) is 2.71. The van der Waals surface area contributed by atoms with Crippen LogP contribution in [0, 0.1) is 6.92 Å². The van der Waals surface area contributed by atoms with E-state index in [0.29, 0.717) is 0 Å². The SMILES string of the molecule is Cc1c(C(F)(F)F)cn2ncnc(Cl)c12. The molecular formula is C8H5ClF3N3. The van der Waals surface area contributed by atoms with Gasteiger partial charge in [0.05, 0.1) is 5.56 Å². The maximum absolute atomic E-state index is 12.5. The molecule has 0 aliphatic carbocycles. The van der Waals surface area contributed by atoms with Gasteiger partial charge in [-0.2, -0.15) is 18.3 Å². The summed E-state index contributed by atoms with van der Waals surface area (Å²) in [6.45, 7) is 1.34. The summed E-state index contributed by atoms with van der Waals surface area (Å²) in [4.78, 5) is 3.63. The molecule has 0 aliphatic heterocycles. The average Bonchev–Trinajstić information content (AvgIpc) is 2.44. The van der Waals surface area contributed by atoms with E-state index in [4.69, 9.17) is 11.6 Å². The van der Waals surface area contributed by atoms with Crippen LogP contribution in [0.25, 0.3) is 5.52 Å². The van der Waals surface area contributed by atoms with E-state index in [9.17, 15) is 13.2 Å². The summed E-state index contributed by atoms with van der Waals surface area (Å²) in [5.41, 5.74) is -0.524. The minimum absolute atomic E-state index is 0.0120. The van der Waals surface area contributed by atoms with Crippen molar-refractivity contribution in [3.05, 3.63) is 28.8 Å². The number of alkyl halides is 3. The average molecular weight is 236 g/mol. The molecule has 0 radical (unpaired) electrons. The van der Waals surface area contributed by atoms with Gasteiger partial charge in [0.1, 0.15) is 11.8 Å². The van der Waals surface area contributed by atoms with Gasteiger partial charge in [-0.1, -0.05) is 11.6 Å². The second-order valence-electron chi connectivity index (χ2n) is 3.01. The normalized spacial score (nSPS) is 12.3. The molecule has 2 aromatic heterocycles. The molecular weight excluding hydrogens is 231 g/mol. The third kappa shape index (κ3) is 1.54. The van der Waals surface area contributed by atoms with Crippen molar-refractivity contribution >= 4 is 17.1 Å². The minimum atomic E-state index is -4.40. The van der Waals surface area contributed by atoms with E-state index in [1.54, 1.807) is 0 Å². The number of fused-ring (bicyclic) bond motifs is 1. The smallest absolute Gasteiger partial charge is 0.235 e. The van der Waals surface area contributed by atoms with Crippen LogP contribution >= 0.6 is 11.6 Å². The molecule has 0 bridgehead atoms. The summed E-state index contributed by atoms with van der Waals surface area (Å²) in [7, 11) is 0. The molecule has 0 aliphatic rings. The van der Waals surface area contributed by atoms with Crippen LogP contribution in [0.2, 0.25) is 5.15 Å². The monoisotopic (exact) mass is 235 g/mol. The van der Waals surface area contributed by atoms with Crippen LogP contribution in [0.5, 0.6) is 0 Å². The second kappa shape index (κ2) is 3.10. The lowest BCUT2D eigenvalue weighted by Gasteiger charge is -2.03. The molecule has 2 rings (SSSR count). The summed E-state index contributed by atoms with van der Waals surface area (Å²) in [5.74, 6) is 0. The zero-order valence-corrected chi connectivity index (χ0v) is 8.26. The van der Waals surface area contributed by atoms with Gasteiger partial charge in [0.15, 0.2) is 5.15 Å². The van der Waals surface area contributed by atoms with Crippen molar-refractivity contribution in [2.45, 2.75) is 13.1 Å². The van der Waals surface area contributed by atoms with Crippen LogP contribution < -0.4 is 0 Å². The Labute approximate surface area is 87.5 Å². The van der Waals surface area contributed by atoms with Gasteiger partial charge in [0.2, 0.25) is 0 Å². The van der Waals surface area contributed by atoms with Crippen molar-refractivity contribution in [1.82, 2.24) is 14.6 Å². The molecule has 80 valence electrons. The van der Waals surface area contributed by atoms with Gasteiger partial charge in [-0.15, -0.1) is 0 Å². The number of nitrogens with zero attached hydrogens (tertiary/aromatic N) is 3. The maximum atomic E-state index is 12.5. The van der Waals surface area contributed by atoms with Crippen molar-refractivity contribution in [1.29, 1.82) is 0 Å². The molecule has 0 amide bonds. The van der Waals surface area contributed by atoms with Crippen LogP contribution in [-0.4, -0.2) is 14.6 Å². The molecule has 0 unspecified atom stereocenters. The first-order valence-corrected chi connectivity index (χ1v) is 4.34. The molecule has 0 saturated heterocycles. The summed E-state index contributed by atoms with van der Waals surface area (Å²) >= 11 is 5.69. The lowest BCUT2D eigenvalue weighted by molar-refractivity contribution is -0.137. The molecule has 0 atom stereocenters. The zero-order chi connectivity index (χ0) is 11.2. The van der Waals surface area contributed by atoms with E-state index in [1.807, 2.05) is 0 Å². The Morgan fingerprint density at radius 2 is 2.07 bits per heavy atom. The van der Waals surface area contributed by atoms with Gasteiger partial charge in [0, 0.05) is 6.20 Å². The molecule has 15 heavy (non-hydrogen) atoms. The van der Waals surface area contributed by atoms with Gasteiger partial charge in [0.25, 0.3) is 0 Å². The Bertz CT molecular complexity index is 518. The molecule has 0 fully saturated rings. The van der Waals surface area contributed by atoms with Crippen LogP contribution in [0.3, 0.4) is 0 Å². The molecule has 0 spiro atoms. The Morgan fingerprint density at radius 3 is 2.60 bits per heavy atom. The van der Waals surface area contributed by atoms with Crippen molar-refractivity contribution < 1.29 is 13.2 Å². The fourth-order valence-electron chi connectivity index (χ4n) is 1.40. The molecule has 2 heterocycles. The van der Waals surface area contributed by atoms with Gasteiger partial charge in [-0.25, -0.2) is 9.50 Å². The standard InChI is InChI=1S/C8H5ClF3N3/c1-4-5(8(10,11)12)2-15-6(4)7(9)13-3-14-15/h2-3H,1H3. The minimum Gasteiger partial charge on any atom is -0.235 e. The van der Waals surface area contributed by atoms with Gasteiger partial charge in [-0.05, 0) is 12.5 Å². The van der Waals surface area contributed by atoms with E-state index >= 15 is 0 Å². The largest absolute Gasteiger partial charge is 0.418 e. The van der Waals surface area contributed by atoms with Crippen LogP contribution in [-0.2, 0) is 6.18 Å². The van der Waals surface area contributed by atoms with E-state index in [-0.39, 0.29) is 16.2 Å². The predicted molar refractivity (Wildman–Crippen MR) is 47.7 cm³/mol. The van der Waals surface area contributed by atoms with Crippen molar-refractivity contribution in [3.63, 3.8) is 0 Å². The Kier molecular flexibility index (Phi) is 2.11. The van der Waals surface area contributed by atoms with Gasteiger partial charge < -0.3 is 0 Å². The molecule has 0 N–H and O–H groups in total. The summed E-state index contributed by atoms with van der Waals surface area (Å²) in [5, 5.41) is 3.67. The van der Waals surface area contributed by atoms with Gasteiger partial charge in [-0.3, -0.25) is 0 Å². The summed E-state index contributed by atoms with van der Waals surface area (Å²) in [6.07, 6.45) is -2.39. The number of rotatable bonds is 0. The van der Waals surface area contributed by atoms with E-state index in [2.05, 4.69) is 10.1 Å². The molecule has 0 aromatic carbocycles. The highest BCUT2D eigenvalue weighted by Crippen LogP contribution is 2.35. The lowest BCUT2D eigenvalue weighted by Crippen LogP contribution is -2.04. The van der Waals surface area contributed by atoms with Crippen LogP contribution in [0.15, 0.2) is 12.5 Å². The Balaban J connectivity index is 2.82. The molecule has 7 heteroatoms. The topological polar surface area (TPSA) is 30.2 Å². The lowest BCUT2D eigenvalue weighted by atomic mass is 10.2. The fourth-order valence-corrected chi connectivity index (χ4v) is 1.67. The van der Waals surface area contributed by atoms with Crippen molar-refractivity contribution in [2.24, 2.45) is 0 Å². The highest BCUT2D eigenvalue weighted by molar-refractivity contribution is 6.32. The maximum Gasteiger partial charge on any atom is 0.418 e. The number of hydrogen-bond donors (Lipinski definition) is 0. The Hall–Kier alpha value is -1.30. The molecule has 0 saturated carbocycles. The van der Waals surface area contributed by atoms with E-state index in [0.717, 1.165) is 17.0 Å². The highest BCUT2D eigenvalue weighted by atomic mass is 35.5. The van der Waals surface area contributed by atoms with Crippen molar-refractivity contribution in [3.8, 4) is 0 Å². The van der Waals surface area contributed by atoms with E-state index in [1.165, 1.54) is 6.92 Å².